The molecule has 0 fully saturated rings. The van der Waals surface area contributed by atoms with Crippen molar-refractivity contribution in [3.8, 4) is 0 Å². The third kappa shape index (κ3) is 3.71. The summed E-state index contributed by atoms with van der Waals surface area (Å²) < 4.78 is 6.33. The van der Waals surface area contributed by atoms with Crippen LogP contribution in [0.1, 0.15) is 23.8 Å². The highest BCUT2D eigenvalue weighted by atomic mass is 16.5. The van der Waals surface area contributed by atoms with Crippen molar-refractivity contribution in [2.45, 2.75) is 26.0 Å². The minimum absolute atomic E-state index is 0.255. The first-order valence-electron chi connectivity index (χ1n) is 5.86. The van der Waals surface area contributed by atoms with Crippen molar-refractivity contribution in [1.82, 2.24) is 15.1 Å². The Morgan fingerprint density at radius 2 is 2.44 bits per heavy atom. The molecular weight excluding hydrogens is 236 g/mol. The molecular formula is C11H20N4O3. The van der Waals surface area contributed by atoms with E-state index in [2.05, 4.69) is 10.4 Å². The average Bonchev–Trinajstić information content (AvgIpc) is 2.70. The number of aromatic nitrogens is 2. The predicted octanol–water partition coefficient (Wildman–Crippen LogP) is -0.388. The van der Waals surface area contributed by atoms with Crippen LogP contribution in [0.3, 0.4) is 0 Å². The fraction of sp³-hybridized carbons (Fsp3) is 0.636. The lowest BCUT2D eigenvalue weighted by atomic mass is 10.2. The van der Waals surface area contributed by atoms with Gasteiger partial charge in [0.05, 0.1) is 24.6 Å². The molecule has 0 aromatic carbocycles. The van der Waals surface area contributed by atoms with Crippen LogP contribution in [-0.4, -0.2) is 47.2 Å². The van der Waals surface area contributed by atoms with Crippen LogP contribution in [-0.2, 0) is 11.3 Å². The van der Waals surface area contributed by atoms with Crippen LogP contribution in [0.4, 0.5) is 5.69 Å². The molecule has 18 heavy (non-hydrogen) atoms. The van der Waals surface area contributed by atoms with Crippen LogP contribution in [0.15, 0.2) is 6.20 Å². The summed E-state index contributed by atoms with van der Waals surface area (Å²) in [5, 5.41) is 16.1. The zero-order valence-corrected chi connectivity index (χ0v) is 10.7. The van der Waals surface area contributed by atoms with Gasteiger partial charge in [0.25, 0.3) is 5.91 Å². The minimum Gasteiger partial charge on any atom is -0.396 e. The quantitative estimate of drug-likeness (QED) is 0.616. The summed E-state index contributed by atoms with van der Waals surface area (Å²) in [6.07, 6.45) is 1.31. The summed E-state index contributed by atoms with van der Waals surface area (Å²) in [7, 11) is 1.52. The molecule has 1 heterocycles. The number of anilines is 1. The Balaban J connectivity index is 2.48. The zero-order chi connectivity index (χ0) is 13.5. The van der Waals surface area contributed by atoms with E-state index < -0.39 is 6.10 Å². The second-order valence-corrected chi connectivity index (χ2v) is 3.92. The number of methoxy groups -OCH3 is 1. The molecule has 7 heteroatoms. The number of rotatable bonds is 7. The molecule has 0 saturated carbocycles. The largest absolute Gasteiger partial charge is 0.396 e. The molecule has 0 spiro atoms. The SMILES string of the molecule is CCn1ncc(N)c1C(=O)NCCC(O)COC. The molecule has 102 valence electrons. The van der Waals surface area contributed by atoms with Crippen molar-refractivity contribution in [3.63, 3.8) is 0 Å². The summed E-state index contributed by atoms with van der Waals surface area (Å²) in [5.41, 5.74) is 6.40. The van der Waals surface area contributed by atoms with Crippen LogP contribution in [0.25, 0.3) is 0 Å². The number of nitrogens with zero attached hydrogens (tertiary/aromatic N) is 2. The second kappa shape index (κ2) is 6.97. The van der Waals surface area contributed by atoms with E-state index in [4.69, 9.17) is 10.5 Å². The smallest absolute Gasteiger partial charge is 0.271 e. The number of hydrogen-bond acceptors (Lipinski definition) is 5. The van der Waals surface area contributed by atoms with Gasteiger partial charge in [-0.05, 0) is 13.3 Å². The molecule has 0 bridgehead atoms. The number of carbonyl (C=O) groups excluding carboxylic acids is 1. The zero-order valence-electron chi connectivity index (χ0n) is 10.7. The first kappa shape index (κ1) is 14.5. The summed E-state index contributed by atoms with van der Waals surface area (Å²) in [5.74, 6) is -0.281. The highest BCUT2D eigenvalue weighted by molar-refractivity contribution is 5.97. The van der Waals surface area contributed by atoms with E-state index in [1.54, 1.807) is 0 Å². The summed E-state index contributed by atoms with van der Waals surface area (Å²) in [6.45, 7) is 3.07. The number of nitrogen functional groups attached to an aromatic ring is 1. The fourth-order valence-corrected chi connectivity index (χ4v) is 1.60. The van der Waals surface area contributed by atoms with Gasteiger partial charge >= 0.3 is 0 Å². The lowest BCUT2D eigenvalue weighted by molar-refractivity contribution is 0.0587. The minimum atomic E-state index is -0.580. The monoisotopic (exact) mass is 256 g/mol. The number of ether oxygens (including phenoxy) is 1. The standard InChI is InChI=1S/C11H20N4O3/c1-3-15-10(9(12)6-14-15)11(17)13-5-4-8(16)7-18-2/h6,8,16H,3-5,7,12H2,1-2H3,(H,13,17). The topological polar surface area (TPSA) is 102 Å². The van der Waals surface area contributed by atoms with E-state index in [9.17, 15) is 9.90 Å². The first-order chi connectivity index (χ1) is 8.60. The molecule has 1 unspecified atom stereocenters. The fourth-order valence-electron chi connectivity index (χ4n) is 1.60. The number of hydrogen-bond donors (Lipinski definition) is 3. The Hall–Kier alpha value is -1.60. The number of aliphatic hydroxyl groups excluding tert-OH is 1. The van der Waals surface area contributed by atoms with Gasteiger partial charge in [-0.2, -0.15) is 5.10 Å². The van der Waals surface area contributed by atoms with Gasteiger partial charge in [0, 0.05) is 20.2 Å². The third-order valence-electron chi connectivity index (χ3n) is 2.50. The van der Waals surface area contributed by atoms with Crippen LogP contribution < -0.4 is 11.1 Å². The molecule has 1 aromatic heterocycles. The molecule has 1 aromatic rings. The van der Waals surface area contributed by atoms with Crippen LogP contribution >= 0.6 is 0 Å². The molecule has 1 rings (SSSR count). The van der Waals surface area contributed by atoms with Crippen molar-refractivity contribution >= 4 is 11.6 Å². The number of aliphatic hydroxyl groups is 1. The van der Waals surface area contributed by atoms with E-state index in [1.165, 1.54) is 18.0 Å². The molecule has 0 aliphatic rings. The maximum Gasteiger partial charge on any atom is 0.271 e. The number of carbonyl (C=O) groups is 1. The Labute approximate surface area is 106 Å². The van der Waals surface area contributed by atoms with Crippen LogP contribution in [0.2, 0.25) is 0 Å². The summed E-state index contributed by atoms with van der Waals surface area (Å²) >= 11 is 0. The van der Waals surface area contributed by atoms with Gasteiger partial charge in [0.2, 0.25) is 0 Å². The highest BCUT2D eigenvalue weighted by Crippen LogP contribution is 2.10. The molecule has 0 aliphatic heterocycles. The Kier molecular flexibility index (Phi) is 5.60. The molecule has 0 radical (unpaired) electrons. The lowest BCUT2D eigenvalue weighted by Crippen LogP contribution is -2.30. The third-order valence-corrected chi connectivity index (χ3v) is 2.50. The number of amides is 1. The molecule has 0 saturated heterocycles. The van der Waals surface area contributed by atoms with E-state index in [-0.39, 0.29) is 12.5 Å². The van der Waals surface area contributed by atoms with Gasteiger partial charge in [0.1, 0.15) is 5.69 Å². The Morgan fingerprint density at radius 1 is 1.72 bits per heavy atom. The van der Waals surface area contributed by atoms with Crippen LogP contribution in [0.5, 0.6) is 0 Å². The predicted molar refractivity (Wildman–Crippen MR) is 67.1 cm³/mol. The highest BCUT2D eigenvalue weighted by Gasteiger charge is 2.15. The van der Waals surface area contributed by atoms with Gasteiger partial charge in [-0.25, -0.2) is 0 Å². The molecule has 1 amide bonds. The first-order valence-corrected chi connectivity index (χ1v) is 5.86. The summed E-state index contributed by atoms with van der Waals surface area (Å²) in [4.78, 5) is 11.9. The Morgan fingerprint density at radius 3 is 3.06 bits per heavy atom. The molecule has 7 nitrogen and oxygen atoms in total. The number of nitrogens with two attached hydrogens (primary N) is 1. The number of nitrogens with one attached hydrogen (secondary N) is 1. The van der Waals surface area contributed by atoms with Gasteiger partial charge in [-0.1, -0.05) is 0 Å². The van der Waals surface area contributed by atoms with Crippen molar-refractivity contribution < 1.29 is 14.6 Å². The van der Waals surface area contributed by atoms with Crippen molar-refractivity contribution in [2.75, 3.05) is 26.0 Å². The normalized spacial score (nSPS) is 12.4. The van der Waals surface area contributed by atoms with Gasteiger partial charge in [-0.15, -0.1) is 0 Å². The maximum atomic E-state index is 11.9. The molecule has 4 N–H and O–H groups in total. The van der Waals surface area contributed by atoms with Gasteiger partial charge in [0.15, 0.2) is 0 Å². The molecule has 1 atom stereocenters. The van der Waals surface area contributed by atoms with Crippen molar-refractivity contribution in [1.29, 1.82) is 0 Å². The Bertz CT molecular complexity index is 392. The van der Waals surface area contributed by atoms with Gasteiger partial charge < -0.3 is 20.9 Å². The molecule has 0 aliphatic carbocycles. The second-order valence-electron chi connectivity index (χ2n) is 3.92. The summed E-state index contributed by atoms with van der Waals surface area (Å²) in [6, 6.07) is 0. The van der Waals surface area contributed by atoms with E-state index in [0.29, 0.717) is 30.9 Å². The van der Waals surface area contributed by atoms with E-state index in [0.717, 1.165) is 0 Å². The van der Waals surface area contributed by atoms with E-state index >= 15 is 0 Å². The van der Waals surface area contributed by atoms with Crippen LogP contribution in [0, 0.1) is 0 Å². The van der Waals surface area contributed by atoms with E-state index in [1.807, 2.05) is 6.92 Å². The van der Waals surface area contributed by atoms with Gasteiger partial charge in [-0.3, -0.25) is 9.48 Å². The van der Waals surface area contributed by atoms with Crippen molar-refractivity contribution in [2.24, 2.45) is 0 Å². The maximum absolute atomic E-state index is 11.9. The lowest BCUT2D eigenvalue weighted by Gasteiger charge is -2.11. The van der Waals surface area contributed by atoms with Crippen molar-refractivity contribution in [3.05, 3.63) is 11.9 Å². The number of aryl methyl sites for hydroxylation is 1. The average molecular weight is 256 g/mol.